The molecule has 1 aliphatic rings. The highest BCUT2D eigenvalue weighted by Gasteiger charge is 2.19. The van der Waals surface area contributed by atoms with Crippen LogP contribution in [-0.4, -0.2) is 65.3 Å². The van der Waals surface area contributed by atoms with Crippen LogP contribution in [0.5, 0.6) is 5.75 Å². The van der Waals surface area contributed by atoms with E-state index in [0.717, 1.165) is 38.3 Å². The summed E-state index contributed by atoms with van der Waals surface area (Å²) < 4.78 is 6.22. The van der Waals surface area contributed by atoms with Crippen LogP contribution in [0, 0.1) is 0 Å². The highest BCUT2D eigenvalue weighted by Crippen LogP contribution is 2.17. The summed E-state index contributed by atoms with van der Waals surface area (Å²) in [6.07, 6.45) is 1.71. The maximum Gasteiger partial charge on any atom is 0.293 e. The zero-order chi connectivity index (χ0) is 19.9. The molecule has 0 spiro atoms. The number of aromatic nitrogens is 1. The lowest BCUT2D eigenvalue weighted by Crippen LogP contribution is -2.46. The third-order valence-corrected chi connectivity index (χ3v) is 5.15. The number of pyridine rings is 1. The Morgan fingerprint density at radius 3 is 2.57 bits per heavy atom. The number of piperazine rings is 1. The second-order valence-electron chi connectivity index (χ2n) is 6.84. The largest absolute Gasteiger partial charge is 0.503 e. The molecule has 0 amide bonds. The van der Waals surface area contributed by atoms with E-state index in [4.69, 9.17) is 16.3 Å². The fraction of sp³-hybridized carbons (Fsp3) is 0.400. The molecule has 2 aromatic rings. The van der Waals surface area contributed by atoms with Crippen LogP contribution in [0.4, 0.5) is 0 Å². The van der Waals surface area contributed by atoms with Gasteiger partial charge in [-0.2, -0.15) is 0 Å². The Bertz CT molecular complexity index is 863. The average molecular weight is 406 g/mol. The van der Waals surface area contributed by atoms with Gasteiger partial charge in [0.25, 0.3) is 12.0 Å². The van der Waals surface area contributed by atoms with Crippen molar-refractivity contribution in [3.63, 3.8) is 0 Å². The van der Waals surface area contributed by atoms with Crippen molar-refractivity contribution < 1.29 is 14.6 Å². The zero-order valence-electron chi connectivity index (χ0n) is 15.6. The summed E-state index contributed by atoms with van der Waals surface area (Å²) in [5, 5.41) is 11.0. The van der Waals surface area contributed by atoms with E-state index in [1.165, 1.54) is 4.57 Å². The molecule has 0 unspecified atom stereocenters. The number of aromatic hydroxyl groups is 1. The Kier molecular flexibility index (Phi) is 7.08. The minimum Gasteiger partial charge on any atom is -0.503 e. The Labute approximate surface area is 168 Å². The van der Waals surface area contributed by atoms with E-state index < -0.39 is 5.56 Å². The van der Waals surface area contributed by atoms with E-state index in [-0.39, 0.29) is 5.75 Å². The Balaban J connectivity index is 1.59. The minimum absolute atomic E-state index is 0.202. The van der Waals surface area contributed by atoms with Crippen LogP contribution in [0.1, 0.15) is 11.1 Å². The summed E-state index contributed by atoms with van der Waals surface area (Å²) in [5.41, 5.74) is 1.13. The molecular formula is C20H24ClN3O4. The number of hydrogen-bond donors (Lipinski definition) is 1. The second-order valence-corrected chi connectivity index (χ2v) is 7.27. The topological polar surface area (TPSA) is 75.0 Å². The van der Waals surface area contributed by atoms with Crippen LogP contribution in [0.2, 0.25) is 5.02 Å². The SMILES string of the molecule is O=COCCN1CCN(Cc2ccn(Cc3cccc(Cl)c3)c(=O)c2O)CC1. The first-order valence-corrected chi connectivity index (χ1v) is 9.60. The van der Waals surface area contributed by atoms with Crippen molar-refractivity contribution in [2.45, 2.75) is 13.1 Å². The molecule has 1 aliphatic heterocycles. The number of carbonyl (C=O) groups is 1. The molecule has 0 bridgehead atoms. The van der Waals surface area contributed by atoms with Gasteiger partial charge in [-0.25, -0.2) is 0 Å². The smallest absolute Gasteiger partial charge is 0.293 e. The van der Waals surface area contributed by atoms with Gasteiger partial charge < -0.3 is 14.4 Å². The van der Waals surface area contributed by atoms with Crippen LogP contribution in [0.25, 0.3) is 0 Å². The summed E-state index contributed by atoms with van der Waals surface area (Å²) in [6.45, 7) is 5.83. The lowest BCUT2D eigenvalue weighted by atomic mass is 10.2. The standard InChI is InChI=1S/C20H24ClN3O4/c21-18-3-1-2-16(12-18)13-24-5-4-17(19(26)20(24)27)14-23-8-6-22(7-9-23)10-11-28-15-25/h1-5,12,15,26H,6-11,13-14H2. The van der Waals surface area contributed by atoms with E-state index in [0.29, 0.717) is 36.8 Å². The highest BCUT2D eigenvalue weighted by molar-refractivity contribution is 6.30. The molecule has 1 N–H and O–H groups in total. The van der Waals surface area contributed by atoms with Crippen molar-refractivity contribution in [2.24, 2.45) is 0 Å². The summed E-state index contributed by atoms with van der Waals surface area (Å²) >= 11 is 5.99. The molecule has 1 saturated heterocycles. The van der Waals surface area contributed by atoms with Gasteiger partial charge in [-0.05, 0) is 23.8 Å². The highest BCUT2D eigenvalue weighted by atomic mass is 35.5. The monoisotopic (exact) mass is 405 g/mol. The van der Waals surface area contributed by atoms with E-state index >= 15 is 0 Å². The molecule has 8 heteroatoms. The third-order valence-electron chi connectivity index (χ3n) is 4.92. The first kappa shape index (κ1) is 20.4. The van der Waals surface area contributed by atoms with Crippen LogP contribution >= 0.6 is 11.6 Å². The maximum atomic E-state index is 12.5. The van der Waals surface area contributed by atoms with Gasteiger partial charge in [0.05, 0.1) is 6.54 Å². The number of halogens is 1. The molecule has 1 aromatic carbocycles. The predicted octanol–water partition coefficient (Wildman–Crippen LogP) is 1.55. The van der Waals surface area contributed by atoms with Crippen molar-refractivity contribution in [3.8, 4) is 5.75 Å². The summed E-state index contributed by atoms with van der Waals surface area (Å²) in [7, 11) is 0. The van der Waals surface area contributed by atoms with Crippen LogP contribution in [-0.2, 0) is 22.6 Å². The third kappa shape index (κ3) is 5.34. The number of ether oxygens (including phenoxy) is 1. The van der Waals surface area contributed by atoms with Crippen LogP contribution in [0.3, 0.4) is 0 Å². The molecule has 0 radical (unpaired) electrons. The van der Waals surface area contributed by atoms with Crippen molar-refractivity contribution in [1.82, 2.24) is 14.4 Å². The van der Waals surface area contributed by atoms with Crippen molar-refractivity contribution >= 4 is 18.1 Å². The number of benzene rings is 1. The molecule has 7 nitrogen and oxygen atoms in total. The molecule has 0 aliphatic carbocycles. The summed E-state index contributed by atoms with van der Waals surface area (Å²) in [6, 6.07) is 9.11. The van der Waals surface area contributed by atoms with Gasteiger partial charge >= 0.3 is 0 Å². The molecule has 1 fully saturated rings. The van der Waals surface area contributed by atoms with Gasteiger partial charge in [0.2, 0.25) is 0 Å². The number of carbonyl (C=O) groups excluding carboxylic acids is 1. The van der Waals surface area contributed by atoms with Crippen molar-refractivity contribution in [1.29, 1.82) is 0 Å². The Morgan fingerprint density at radius 1 is 1.11 bits per heavy atom. The molecule has 0 atom stereocenters. The van der Waals surface area contributed by atoms with E-state index in [9.17, 15) is 14.7 Å². The summed E-state index contributed by atoms with van der Waals surface area (Å²) in [5.74, 6) is -0.202. The molecular weight excluding hydrogens is 382 g/mol. The fourth-order valence-electron chi connectivity index (χ4n) is 3.33. The molecule has 2 heterocycles. The first-order chi connectivity index (χ1) is 13.6. The Hall–Kier alpha value is -2.35. The van der Waals surface area contributed by atoms with E-state index in [2.05, 4.69) is 9.80 Å². The van der Waals surface area contributed by atoms with Crippen LogP contribution < -0.4 is 5.56 Å². The minimum atomic E-state index is -0.401. The molecule has 0 saturated carbocycles. The van der Waals surface area contributed by atoms with E-state index in [1.807, 2.05) is 12.1 Å². The number of nitrogens with zero attached hydrogens (tertiary/aromatic N) is 3. The van der Waals surface area contributed by atoms with Crippen molar-refractivity contribution in [2.75, 3.05) is 39.3 Å². The predicted molar refractivity (Wildman–Crippen MR) is 107 cm³/mol. The number of rotatable bonds is 8. The zero-order valence-corrected chi connectivity index (χ0v) is 16.3. The van der Waals surface area contributed by atoms with Gasteiger partial charge in [-0.3, -0.25) is 19.4 Å². The molecule has 3 rings (SSSR count). The molecule has 150 valence electrons. The van der Waals surface area contributed by atoms with Crippen LogP contribution in [0.15, 0.2) is 41.3 Å². The lowest BCUT2D eigenvalue weighted by Gasteiger charge is -2.34. The lowest BCUT2D eigenvalue weighted by molar-refractivity contribution is -0.129. The Morgan fingerprint density at radius 2 is 1.86 bits per heavy atom. The van der Waals surface area contributed by atoms with E-state index in [1.54, 1.807) is 24.4 Å². The fourth-order valence-corrected chi connectivity index (χ4v) is 3.54. The molecule has 28 heavy (non-hydrogen) atoms. The normalized spacial score (nSPS) is 15.5. The second kappa shape index (κ2) is 9.73. The quantitative estimate of drug-likeness (QED) is 0.530. The van der Waals surface area contributed by atoms with Crippen molar-refractivity contribution in [3.05, 3.63) is 63.0 Å². The van der Waals surface area contributed by atoms with Gasteiger partial charge in [0.1, 0.15) is 6.61 Å². The van der Waals surface area contributed by atoms with Gasteiger partial charge in [0.15, 0.2) is 5.75 Å². The average Bonchev–Trinajstić information content (AvgIpc) is 2.69. The van der Waals surface area contributed by atoms with Gasteiger partial charge in [-0.1, -0.05) is 23.7 Å². The first-order valence-electron chi connectivity index (χ1n) is 9.22. The summed E-state index contributed by atoms with van der Waals surface area (Å²) in [4.78, 5) is 27.2. The number of hydrogen-bond acceptors (Lipinski definition) is 6. The van der Waals surface area contributed by atoms with Gasteiger partial charge in [0, 0.05) is 56.1 Å². The van der Waals surface area contributed by atoms with Gasteiger partial charge in [-0.15, -0.1) is 0 Å². The molecule has 1 aromatic heterocycles. The maximum absolute atomic E-state index is 12.5.